The molecule has 0 amide bonds. The van der Waals surface area contributed by atoms with Gasteiger partial charge in [-0.3, -0.25) is 0 Å². The van der Waals surface area contributed by atoms with Crippen molar-refractivity contribution in [1.82, 2.24) is 0 Å². The van der Waals surface area contributed by atoms with Gasteiger partial charge < -0.3 is 19.5 Å². The van der Waals surface area contributed by atoms with Crippen LogP contribution in [0.5, 0.6) is 17.2 Å². The number of hydrogen-bond donors (Lipinski definition) is 1. The molecule has 0 saturated heterocycles. The zero-order chi connectivity index (χ0) is 17.7. The van der Waals surface area contributed by atoms with E-state index in [1.54, 1.807) is 20.3 Å². The third-order valence-corrected chi connectivity index (χ3v) is 3.75. The van der Waals surface area contributed by atoms with Crippen molar-refractivity contribution < 1.29 is 27.4 Å². The number of nitrogens with one attached hydrogen (secondary N) is 1. The lowest BCUT2D eigenvalue weighted by Gasteiger charge is -2.14. The summed E-state index contributed by atoms with van der Waals surface area (Å²) in [6.45, 7) is 0.422. The molecule has 0 aliphatic carbocycles. The molecule has 24 heavy (non-hydrogen) atoms. The first-order chi connectivity index (χ1) is 11.3. The van der Waals surface area contributed by atoms with Gasteiger partial charge in [-0.25, -0.2) is 0 Å². The van der Waals surface area contributed by atoms with Crippen LogP contribution in [0.3, 0.4) is 0 Å². The van der Waals surface area contributed by atoms with E-state index in [-0.39, 0.29) is 5.75 Å². The van der Waals surface area contributed by atoms with Gasteiger partial charge in [-0.2, -0.15) is 0 Å². The van der Waals surface area contributed by atoms with Crippen molar-refractivity contribution in [3.63, 3.8) is 0 Å². The Morgan fingerprint density at radius 3 is 2.17 bits per heavy atom. The molecule has 2 rings (SSSR count). The number of methoxy groups -OCH3 is 2. The van der Waals surface area contributed by atoms with E-state index < -0.39 is 6.36 Å². The van der Waals surface area contributed by atoms with E-state index in [1.165, 1.54) is 24.3 Å². The molecule has 0 atom stereocenters. The Hall–Kier alpha value is -2.09. The second-order valence-electron chi connectivity index (χ2n) is 4.72. The predicted octanol–water partition coefficient (Wildman–Crippen LogP) is 4.98. The summed E-state index contributed by atoms with van der Waals surface area (Å²) in [5.41, 5.74) is 1.51. The highest BCUT2D eigenvalue weighted by Crippen LogP contribution is 2.33. The second kappa shape index (κ2) is 7.65. The molecule has 0 bridgehead atoms. The fourth-order valence-corrected chi connectivity index (χ4v) is 2.58. The summed E-state index contributed by atoms with van der Waals surface area (Å²) < 4.78 is 51.5. The van der Waals surface area contributed by atoms with Gasteiger partial charge in [-0.1, -0.05) is 0 Å². The minimum absolute atomic E-state index is 0.266. The lowest BCUT2D eigenvalue weighted by atomic mass is 10.2. The van der Waals surface area contributed by atoms with Crippen molar-refractivity contribution in [2.75, 3.05) is 19.5 Å². The fourth-order valence-electron chi connectivity index (χ4n) is 2.03. The third kappa shape index (κ3) is 4.95. The molecule has 0 aromatic heterocycles. The fraction of sp³-hybridized carbons (Fsp3) is 0.250. The van der Waals surface area contributed by atoms with Crippen molar-refractivity contribution in [3.05, 3.63) is 46.4 Å². The SMILES string of the molecule is COc1cc(OC)c(CNc2ccc(OC(F)(F)F)cc2)cc1Br. The van der Waals surface area contributed by atoms with Crippen molar-refractivity contribution >= 4 is 21.6 Å². The van der Waals surface area contributed by atoms with Crippen molar-refractivity contribution in [3.8, 4) is 17.2 Å². The Bertz CT molecular complexity index is 690. The zero-order valence-electron chi connectivity index (χ0n) is 12.9. The molecule has 0 heterocycles. The molecule has 0 saturated carbocycles. The average molecular weight is 406 g/mol. The van der Waals surface area contributed by atoms with Crippen LogP contribution in [-0.4, -0.2) is 20.6 Å². The Kier molecular flexibility index (Phi) is 5.82. The number of alkyl halides is 3. The van der Waals surface area contributed by atoms with Crippen LogP contribution in [0, 0.1) is 0 Å². The van der Waals surface area contributed by atoms with Crippen LogP contribution in [0.1, 0.15) is 5.56 Å². The normalized spacial score (nSPS) is 11.1. The van der Waals surface area contributed by atoms with E-state index >= 15 is 0 Å². The van der Waals surface area contributed by atoms with Crippen LogP contribution >= 0.6 is 15.9 Å². The number of hydrogen-bond acceptors (Lipinski definition) is 4. The average Bonchev–Trinajstić information content (AvgIpc) is 2.53. The summed E-state index contributed by atoms with van der Waals surface area (Å²) in [5.74, 6) is 1.02. The highest BCUT2D eigenvalue weighted by molar-refractivity contribution is 9.10. The van der Waals surface area contributed by atoms with Crippen molar-refractivity contribution in [2.24, 2.45) is 0 Å². The predicted molar refractivity (Wildman–Crippen MR) is 87.7 cm³/mol. The van der Waals surface area contributed by atoms with Gasteiger partial charge in [0.15, 0.2) is 0 Å². The number of anilines is 1. The summed E-state index contributed by atoms with van der Waals surface area (Å²) >= 11 is 3.40. The smallest absolute Gasteiger partial charge is 0.496 e. The van der Waals surface area contributed by atoms with Gasteiger partial charge in [0, 0.05) is 23.9 Å². The molecule has 0 aliphatic heterocycles. The highest BCUT2D eigenvalue weighted by Gasteiger charge is 2.30. The molecule has 2 aromatic rings. The number of halogens is 4. The first-order valence-corrected chi connectivity index (χ1v) is 7.62. The molecular weight excluding hydrogens is 391 g/mol. The number of ether oxygens (including phenoxy) is 3. The first-order valence-electron chi connectivity index (χ1n) is 6.82. The van der Waals surface area contributed by atoms with E-state index in [4.69, 9.17) is 9.47 Å². The highest BCUT2D eigenvalue weighted by atomic mass is 79.9. The minimum atomic E-state index is -4.70. The summed E-state index contributed by atoms with van der Waals surface area (Å²) in [6.07, 6.45) is -4.70. The zero-order valence-corrected chi connectivity index (χ0v) is 14.5. The minimum Gasteiger partial charge on any atom is -0.496 e. The Morgan fingerprint density at radius 2 is 1.62 bits per heavy atom. The Balaban J connectivity index is 2.07. The number of rotatable bonds is 6. The molecule has 4 nitrogen and oxygen atoms in total. The van der Waals surface area contributed by atoms with E-state index in [1.807, 2.05) is 6.07 Å². The molecule has 2 aromatic carbocycles. The molecule has 1 N–H and O–H groups in total. The van der Waals surface area contributed by atoms with Gasteiger partial charge in [0.1, 0.15) is 17.2 Å². The maximum Gasteiger partial charge on any atom is 0.573 e. The first kappa shape index (κ1) is 18.3. The summed E-state index contributed by atoms with van der Waals surface area (Å²) in [4.78, 5) is 0. The molecule has 0 fully saturated rings. The van der Waals surface area contributed by atoms with E-state index in [9.17, 15) is 13.2 Å². The van der Waals surface area contributed by atoms with Crippen LogP contribution in [-0.2, 0) is 6.54 Å². The van der Waals surface area contributed by atoms with E-state index in [0.29, 0.717) is 23.7 Å². The molecular formula is C16H15BrF3NO3. The molecule has 0 aliphatic rings. The van der Waals surface area contributed by atoms with Gasteiger partial charge in [-0.05, 0) is 46.3 Å². The van der Waals surface area contributed by atoms with Gasteiger partial charge >= 0.3 is 6.36 Å². The molecule has 0 radical (unpaired) electrons. The van der Waals surface area contributed by atoms with Crippen LogP contribution in [0.2, 0.25) is 0 Å². The largest absolute Gasteiger partial charge is 0.573 e. The third-order valence-electron chi connectivity index (χ3n) is 3.13. The lowest BCUT2D eigenvalue weighted by molar-refractivity contribution is -0.274. The van der Waals surface area contributed by atoms with Crippen molar-refractivity contribution in [1.29, 1.82) is 0 Å². The monoisotopic (exact) mass is 405 g/mol. The second-order valence-corrected chi connectivity index (χ2v) is 5.58. The van der Waals surface area contributed by atoms with Crippen LogP contribution < -0.4 is 19.5 Å². The standard InChI is InChI=1S/C16H15BrF3NO3/c1-22-14-8-15(23-2)13(17)7-10(14)9-21-11-3-5-12(6-4-11)24-16(18,19)20/h3-8,21H,9H2,1-2H3. The summed E-state index contributed by atoms with van der Waals surface area (Å²) in [5, 5.41) is 3.11. The summed E-state index contributed by atoms with van der Waals surface area (Å²) in [6, 6.07) is 9.11. The molecule has 0 unspecified atom stereocenters. The number of benzene rings is 2. The van der Waals surface area contributed by atoms with E-state index in [2.05, 4.69) is 26.0 Å². The maximum absolute atomic E-state index is 12.1. The van der Waals surface area contributed by atoms with Gasteiger partial charge in [0.25, 0.3) is 0 Å². The lowest BCUT2D eigenvalue weighted by Crippen LogP contribution is -2.17. The molecule has 130 valence electrons. The van der Waals surface area contributed by atoms with Crippen molar-refractivity contribution in [2.45, 2.75) is 12.9 Å². The van der Waals surface area contributed by atoms with Gasteiger partial charge in [0.05, 0.1) is 18.7 Å². The topological polar surface area (TPSA) is 39.7 Å². The summed E-state index contributed by atoms with van der Waals surface area (Å²) in [7, 11) is 3.11. The quantitative estimate of drug-likeness (QED) is 0.735. The van der Waals surface area contributed by atoms with Gasteiger partial charge in [-0.15, -0.1) is 13.2 Å². The Morgan fingerprint density at radius 1 is 1.00 bits per heavy atom. The van der Waals surface area contributed by atoms with Crippen LogP contribution in [0.25, 0.3) is 0 Å². The molecule has 8 heteroatoms. The van der Waals surface area contributed by atoms with Gasteiger partial charge in [0.2, 0.25) is 0 Å². The molecule has 0 spiro atoms. The van der Waals surface area contributed by atoms with E-state index in [0.717, 1.165) is 10.0 Å². The van der Waals surface area contributed by atoms with Crippen LogP contribution in [0.15, 0.2) is 40.9 Å². The maximum atomic E-state index is 12.1. The van der Waals surface area contributed by atoms with Crippen LogP contribution in [0.4, 0.5) is 18.9 Å². The Labute approximate surface area is 145 Å².